The smallest absolute Gasteiger partial charge is 0.382 e. The minimum atomic E-state index is -4.32. The molecule has 2 atom stereocenters. The van der Waals surface area contributed by atoms with E-state index in [1.54, 1.807) is 43.4 Å². The summed E-state index contributed by atoms with van der Waals surface area (Å²) < 4.78 is 78.5. The molecule has 4 rings (SSSR count). The first-order valence-electron chi connectivity index (χ1n) is 12.1. The molecule has 1 aliphatic heterocycles. The van der Waals surface area contributed by atoms with E-state index in [9.17, 15) is 27.1 Å². The highest BCUT2D eigenvalue weighted by Gasteiger charge is 2.41. The Morgan fingerprint density at radius 3 is 2.45 bits per heavy atom. The van der Waals surface area contributed by atoms with E-state index in [0.29, 0.717) is 13.2 Å². The SMILES string of the molecule is CC(SC1COC(C=CC=Cc2ccc(SC(F)(F)F)cc2)OC1)C(O)(Cn1cncn1)c1ccc(F)cc1F. The molecule has 1 saturated heterocycles. The number of allylic oxidation sites excluding steroid dienone is 2. The number of rotatable bonds is 10. The molecule has 3 aromatic rings. The van der Waals surface area contributed by atoms with Gasteiger partial charge >= 0.3 is 5.51 Å². The van der Waals surface area contributed by atoms with Crippen molar-refractivity contribution in [1.29, 1.82) is 0 Å². The maximum atomic E-state index is 14.7. The van der Waals surface area contributed by atoms with E-state index in [0.717, 1.165) is 17.7 Å². The summed E-state index contributed by atoms with van der Waals surface area (Å²) >= 11 is 1.20. The van der Waals surface area contributed by atoms with Crippen molar-refractivity contribution in [2.24, 2.45) is 0 Å². The second kappa shape index (κ2) is 13.3. The number of benzene rings is 2. The number of halogens is 5. The lowest BCUT2D eigenvalue weighted by Crippen LogP contribution is -2.43. The molecule has 214 valence electrons. The zero-order valence-electron chi connectivity index (χ0n) is 21.2. The lowest BCUT2D eigenvalue weighted by Gasteiger charge is -2.37. The van der Waals surface area contributed by atoms with Gasteiger partial charge in [-0.1, -0.05) is 43.4 Å². The van der Waals surface area contributed by atoms with Crippen molar-refractivity contribution in [3.8, 4) is 0 Å². The third kappa shape index (κ3) is 8.40. The Morgan fingerprint density at radius 1 is 1.10 bits per heavy atom. The first-order chi connectivity index (χ1) is 19.0. The first kappa shape index (κ1) is 30.3. The first-order valence-corrected chi connectivity index (χ1v) is 13.9. The predicted molar refractivity (Wildman–Crippen MR) is 143 cm³/mol. The van der Waals surface area contributed by atoms with E-state index in [1.807, 2.05) is 0 Å². The van der Waals surface area contributed by atoms with Crippen LogP contribution in [-0.4, -0.2) is 55.4 Å². The minimum Gasteiger partial charge on any atom is -0.382 e. The van der Waals surface area contributed by atoms with E-state index in [2.05, 4.69) is 10.1 Å². The Balaban J connectivity index is 1.31. The van der Waals surface area contributed by atoms with Gasteiger partial charge in [-0.25, -0.2) is 18.4 Å². The van der Waals surface area contributed by atoms with Crippen LogP contribution in [0.1, 0.15) is 18.1 Å². The topological polar surface area (TPSA) is 69.4 Å². The molecule has 6 nitrogen and oxygen atoms in total. The monoisotopic (exact) mass is 599 g/mol. The number of thioether (sulfide) groups is 2. The summed E-state index contributed by atoms with van der Waals surface area (Å²) in [5.74, 6) is -1.61. The molecule has 0 amide bonds. The van der Waals surface area contributed by atoms with E-state index in [1.165, 1.54) is 47.3 Å². The van der Waals surface area contributed by atoms with Crippen LogP contribution in [0.25, 0.3) is 6.08 Å². The normalized spacial score (nSPS) is 20.7. The summed E-state index contributed by atoms with van der Waals surface area (Å²) in [6, 6.07) is 9.07. The minimum absolute atomic E-state index is 0.0524. The molecule has 0 saturated carbocycles. The zero-order valence-corrected chi connectivity index (χ0v) is 22.8. The van der Waals surface area contributed by atoms with Gasteiger partial charge < -0.3 is 14.6 Å². The van der Waals surface area contributed by atoms with Gasteiger partial charge in [0.15, 0.2) is 6.29 Å². The number of aromatic nitrogens is 3. The number of hydrogen-bond acceptors (Lipinski definition) is 7. The largest absolute Gasteiger partial charge is 0.446 e. The van der Waals surface area contributed by atoms with Gasteiger partial charge in [0.2, 0.25) is 0 Å². The lowest BCUT2D eigenvalue weighted by atomic mass is 9.90. The molecule has 13 heteroatoms. The highest BCUT2D eigenvalue weighted by Crippen LogP contribution is 2.39. The van der Waals surface area contributed by atoms with Crippen LogP contribution in [0.2, 0.25) is 0 Å². The highest BCUT2D eigenvalue weighted by atomic mass is 32.2. The van der Waals surface area contributed by atoms with Crippen LogP contribution >= 0.6 is 23.5 Å². The van der Waals surface area contributed by atoms with Crippen LogP contribution < -0.4 is 0 Å². The van der Waals surface area contributed by atoms with Crippen molar-refractivity contribution in [3.05, 3.63) is 96.1 Å². The lowest BCUT2D eigenvalue weighted by molar-refractivity contribution is -0.146. The van der Waals surface area contributed by atoms with E-state index in [-0.39, 0.29) is 34.0 Å². The van der Waals surface area contributed by atoms with Gasteiger partial charge in [-0.2, -0.15) is 18.3 Å². The fourth-order valence-corrected chi connectivity index (χ4v) is 5.89. The molecule has 2 aromatic carbocycles. The summed E-state index contributed by atoms with van der Waals surface area (Å²) in [6.45, 7) is 2.25. The molecule has 1 N–H and O–H groups in total. The van der Waals surface area contributed by atoms with Crippen molar-refractivity contribution in [2.75, 3.05) is 13.2 Å². The van der Waals surface area contributed by atoms with Gasteiger partial charge in [-0.3, -0.25) is 0 Å². The third-order valence-electron chi connectivity index (χ3n) is 6.01. The van der Waals surface area contributed by atoms with Gasteiger partial charge in [0.05, 0.1) is 25.0 Å². The zero-order chi connectivity index (χ0) is 28.8. The Kier molecular flexibility index (Phi) is 10.1. The molecule has 1 aromatic heterocycles. The number of alkyl halides is 3. The fraction of sp³-hybridized carbons (Fsp3) is 0.333. The quantitative estimate of drug-likeness (QED) is 0.169. The fourth-order valence-electron chi connectivity index (χ4n) is 4.03. The van der Waals surface area contributed by atoms with E-state index >= 15 is 0 Å². The summed E-state index contributed by atoms with van der Waals surface area (Å²) in [5.41, 5.74) is -5.37. The van der Waals surface area contributed by atoms with Gasteiger partial charge in [-0.05, 0) is 41.6 Å². The molecule has 0 spiro atoms. The molecular weight excluding hydrogens is 573 g/mol. The van der Waals surface area contributed by atoms with Crippen LogP contribution in [0.5, 0.6) is 0 Å². The van der Waals surface area contributed by atoms with Crippen LogP contribution in [0.4, 0.5) is 22.0 Å². The Morgan fingerprint density at radius 2 is 1.82 bits per heavy atom. The van der Waals surface area contributed by atoms with Crippen molar-refractivity contribution in [2.45, 2.75) is 46.3 Å². The number of ether oxygens (including phenoxy) is 2. The molecule has 2 heterocycles. The predicted octanol–water partition coefficient (Wildman–Crippen LogP) is 6.19. The molecule has 2 unspecified atom stereocenters. The Bertz CT molecular complexity index is 1300. The standard InChI is InChI=1S/C27H26F5N3O3S2/c1-18(26(36,15-35-17-33-16-34-35)23-11-8-20(28)12-24(23)29)39-22-13-37-25(38-14-22)5-3-2-4-19-6-9-21(10-7-19)40-27(30,31)32/h2-12,16-18,22,25,36H,13-15H2,1H3. The molecular formula is C27H26F5N3O3S2. The van der Waals surface area contributed by atoms with Crippen molar-refractivity contribution in [1.82, 2.24) is 14.8 Å². The van der Waals surface area contributed by atoms with Crippen molar-refractivity contribution < 1.29 is 36.5 Å². The molecule has 1 aliphatic rings. The highest BCUT2D eigenvalue weighted by molar-refractivity contribution is 8.00. The maximum absolute atomic E-state index is 14.7. The van der Waals surface area contributed by atoms with Gasteiger partial charge in [-0.15, -0.1) is 11.8 Å². The average molecular weight is 600 g/mol. The molecule has 40 heavy (non-hydrogen) atoms. The number of aliphatic hydroxyl groups is 1. The van der Waals surface area contributed by atoms with Crippen LogP contribution in [-0.2, 0) is 21.6 Å². The summed E-state index contributed by atoms with van der Waals surface area (Å²) in [7, 11) is 0. The van der Waals surface area contributed by atoms with Crippen molar-refractivity contribution in [3.63, 3.8) is 0 Å². The molecule has 1 fully saturated rings. The second-order valence-electron chi connectivity index (χ2n) is 8.94. The van der Waals surface area contributed by atoms with Crippen LogP contribution in [0.15, 0.2) is 78.2 Å². The van der Waals surface area contributed by atoms with Gasteiger partial charge in [0, 0.05) is 21.8 Å². The number of hydrogen-bond donors (Lipinski definition) is 1. The Labute approximate surface area is 236 Å². The average Bonchev–Trinajstić information content (AvgIpc) is 3.40. The Hall–Kier alpha value is -2.71. The summed E-state index contributed by atoms with van der Waals surface area (Å²) in [4.78, 5) is 3.99. The maximum Gasteiger partial charge on any atom is 0.446 e. The second-order valence-corrected chi connectivity index (χ2v) is 11.7. The summed E-state index contributed by atoms with van der Waals surface area (Å²) in [5, 5.41) is 14.9. The van der Waals surface area contributed by atoms with E-state index in [4.69, 9.17) is 9.47 Å². The summed E-state index contributed by atoms with van der Waals surface area (Å²) in [6.07, 6.45) is 8.99. The van der Waals surface area contributed by atoms with Crippen LogP contribution in [0.3, 0.4) is 0 Å². The molecule has 0 bridgehead atoms. The molecule has 0 aliphatic carbocycles. The van der Waals surface area contributed by atoms with Crippen LogP contribution in [0, 0.1) is 11.6 Å². The van der Waals surface area contributed by atoms with Gasteiger partial charge in [0.25, 0.3) is 0 Å². The van der Waals surface area contributed by atoms with Crippen molar-refractivity contribution >= 4 is 29.6 Å². The third-order valence-corrected chi connectivity index (χ3v) is 8.21. The van der Waals surface area contributed by atoms with Gasteiger partial charge in [0.1, 0.15) is 29.9 Å². The molecule has 0 radical (unpaired) electrons. The van der Waals surface area contributed by atoms with E-state index < -0.39 is 34.3 Å². The number of nitrogens with zero attached hydrogens (tertiary/aromatic N) is 3.